The van der Waals surface area contributed by atoms with E-state index in [4.69, 9.17) is 10.5 Å². The zero-order valence-corrected chi connectivity index (χ0v) is 34.5. The second kappa shape index (κ2) is 15.3. The van der Waals surface area contributed by atoms with Crippen molar-refractivity contribution in [2.45, 2.75) is 44.6 Å². The van der Waals surface area contributed by atoms with Crippen LogP contribution in [0, 0.1) is 23.7 Å². The Labute approximate surface area is 366 Å². The maximum atomic E-state index is 14.2. The van der Waals surface area contributed by atoms with Crippen molar-refractivity contribution < 1.29 is 28.7 Å². The Kier molecular flexibility index (Phi) is 9.24. The summed E-state index contributed by atoms with van der Waals surface area (Å²) in [5.74, 6) is 11.1. The number of primary amides is 1. The minimum Gasteiger partial charge on any atom is -0.448 e. The third kappa shape index (κ3) is 6.59. The highest BCUT2D eigenvalue weighted by Crippen LogP contribution is 2.40. The van der Waals surface area contributed by atoms with Crippen molar-refractivity contribution in [3.05, 3.63) is 124 Å². The van der Waals surface area contributed by atoms with Crippen molar-refractivity contribution >= 4 is 79.5 Å². The number of carbonyl (C=O) groups is 5. The van der Waals surface area contributed by atoms with Gasteiger partial charge in [-0.05, 0) is 116 Å². The molecule has 5 amide bonds. The van der Waals surface area contributed by atoms with Crippen molar-refractivity contribution in [3.8, 4) is 23.7 Å². The number of nitrogens with two attached hydrogens (primary N) is 1. The molecule has 4 aromatic carbocycles. The van der Waals surface area contributed by atoms with Gasteiger partial charge in [0, 0.05) is 87.0 Å². The lowest BCUT2D eigenvalue weighted by atomic mass is 10.1. The number of fused-ring (bicyclic) bond motifs is 10. The number of ether oxygens (including phenoxy) is 1. The van der Waals surface area contributed by atoms with Gasteiger partial charge in [-0.3, -0.25) is 24.1 Å². The molecule has 1 unspecified atom stereocenters. The van der Waals surface area contributed by atoms with E-state index >= 15 is 0 Å². The lowest BCUT2D eigenvalue weighted by Gasteiger charge is -2.16. The molecule has 1 atom stereocenters. The van der Waals surface area contributed by atoms with E-state index in [1.54, 1.807) is 20.8 Å². The van der Waals surface area contributed by atoms with Crippen molar-refractivity contribution in [2.24, 2.45) is 5.73 Å². The van der Waals surface area contributed by atoms with Crippen LogP contribution < -0.4 is 25.8 Å². The number of amides is 5. The van der Waals surface area contributed by atoms with Crippen LogP contribution in [0.4, 0.5) is 21.9 Å². The van der Waals surface area contributed by atoms with E-state index in [1.165, 1.54) is 0 Å². The van der Waals surface area contributed by atoms with Gasteiger partial charge in [0.25, 0.3) is 17.7 Å². The first-order chi connectivity index (χ1) is 31.2. The van der Waals surface area contributed by atoms with Crippen molar-refractivity contribution in [2.75, 3.05) is 40.9 Å². The van der Waals surface area contributed by atoms with Crippen LogP contribution in [-0.2, 0) is 28.8 Å². The van der Waals surface area contributed by atoms with Crippen LogP contribution in [0.2, 0.25) is 0 Å². The maximum Gasteiger partial charge on any atom is 0.326 e. The van der Waals surface area contributed by atoms with Gasteiger partial charge < -0.3 is 40.5 Å². The van der Waals surface area contributed by atoms with Crippen LogP contribution >= 0.6 is 0 Å². The molecule has 0 saturated heterocycles. The van der Waals surface area contributed by atoms with Gasteiger partial charge in [-0.1, -0.05) is 35.8 Å². The second-order valence-electron chi connectivity index (χ2n) is 16.4. The van der Waals surface area contributed by atoms with Gasteiger partial charge in [0.2, 0.25) is 0 Å². The SMILES string of the molecule is NC(=O)N1CCc2c1ccc1[nH]c(C(=O)N3CCc4c3ccc3[nH]c(C(=O)N5CCc6c5ccc5[nH]c(C(=O)NCC(=O)OC7C#Cc8ccccc8C#CCCC7)cc65)cc43)cc21. The third-order valence-corrected chi connectivity index (χ3v) is 12.7. The molecule has 3 aromatic heterocycles. The third-order valence-electron chi connectivity index (χ3n) is 12.7. The summed E-state index contributed by atoms with van der Waals surface area (Å²) in [6.07, 6.45) is 3.18. The fourth-order valence-electron chi connectivity index (χ4n) is 9.63. The summed E-state index contributed by atoms with van der Waals surface area (Å²) < 4.78 is 5.66. The average molecular weight is 849 g/mol. The highest BCUT2D eigenvalue weighted by molar-refractivity contribution is 6.14. The summed E-state index contributed by atoms with van der Waals surface area (Å²) in [6, 6.07) is 23.9. The lowest BCUT2D eigenvalue weighted by molar-refractivity contribution is -0.145. The number of rotatable bonds is 6. The standard InChI is InChI=1S/C50H40N8O6/c51-50(63)58-23-20-33-36-26-42(55-39(36)14-17-45(33)58)49(62)57-22-19-32-35-25-41(54-38(35)13-16-44(32)57)48(61)56-21-18-31-34-24-40(53-37(34)12-15-43(31)56)47(60)52-27-46(59)64-30-9-3-1-2-6-28-7-4-5-8-29(28)10-11-30/h4-5,7-8,12-17,24-26,30,53-55H,1,3,9,18-23,27H2,(H2,51,63)(H,52,60). The molecule has 1 aliphatic carbocycles. The molecule has 14 nitrogen and oxygen atoms in total. The Morgan fingerprint density at radius 3 is 1.72 bits per heavy atom. The van der Waals surface area contributed by atoms with E-state index in [1.807, 2.05) is 72.8 Å². The Balaban J connectivity index is 0.769. The topological polar surface area (TPSA) is 190 Å². The van der Waals surface area contributed by atoms with E-state index in [9.17, 15) is 24.0 Å². The number of nitrogens with one attached hydrogen (secondary N) is 4. The summed E-state index contributed by atoms with van der Waals surface area (Å²) in [5, 5.41) is 5.29. The first-order valence-electron chi connectivity index (χ1n) is 21.4. The van der Waals surface area contributed by atoms with Crippen LogP contribution in [0.5, 0.6) is 0 Å². The molecule has 0 saturated carbocycles. The first-order valence-corrected chi connectivity index (χ1v) is 21.4. The van der Waals surface area contributed by atoms with E-state index in [0.29, 0.717) is 63.1 Å². The molecule has 6 N–H and O–H groups in total. The molecule has 0 radical (unpaired) electrons. The van der Waals surface area contributed by atoms with Gasteiger partial charge in [-0.2, -0.15) is 0 Å². The molecule has 4 aliphatic rings. The number of urea groups is 1. The van der Waals surface area contributed by atoms with Crippen LogP contribution in [0.1, 0.15) is 78.5 Å². The monoisotopic (exact) mass is 848 g/mol. The van der Waals surface area contributed by atoms with E-state index in [-0.39, 0.29) is 24.1 Å². The number of aromatic amines is 3. The normalized spacial score (nSPS) is 16.1. The number of hydrogen-bond donors (Lipinski definition) is 5. The zero-order valence-electron chi connectivity index (χ0n) is 34.5. The highest BCUT2D eigenvalue weighted by Gasteiger charge is 2.33. The number of aromatic nitrogens is 3. The molecule has 3 aliphatic heterocycles. The Bertz CT molecular complexity index is 3310. The van der Waals surface area contributed by atoms with Gasteiger partial charge in [0.15, 0.2) is 6.10 Å². The molecule has 7 aromatic rings. The lowest BCUT2D eigenvalue weighted by Crippen LogP contribution is -2.33. The van der Waals surface area contributed by atoms with Gasteiger partial charge in [0.05, 0.1) is 0 Å². The Morgan fingerprint density at radius 2 is 1.16 bits per heavy atom. The smallest absolute Gasteiger partial charge is 0.326 e. The quantitative estimate of drug-likeness (QED) is 0.0978. The summed E-state index contributed by atoms with van der Waals surface area (Å²) >= 11 is 0. The summed E-state index contributed by atoms with van der Waals surface area (Å²) in [4.78, 5) is 81.2. The fraction of sp³-hybridized carbons (Fsp3) is 0.220. The predicted octanol–water partition coefficient (Wildman–Crippen LogP) is 6.21. The van der Waals surface area contributed by atoms with Crippen LogP contribution in [0.25, 0.3) is 32.7 Å². The summed E-state index contributed by atoms with van der Waals surface area (Å²) in [5.41, 5.74) is 16.0. The minimum atomic E-state index is -0.621. The summed E-state index contributed by atoms with van der Waals surface area (Å²) in [6.45, 7) is 1.13. The second-order valence-corrected chi connectivity index (χ2v) is 16.4. The molecule has 0 bridgehead atoms. The number of anilines is 3. The Hall–Kier alpha value is -8.23. The predicted molar refractivity (Wildman–Crippen MR) is 243 cm³/mol. The number of benzene rings is 4. The molecular weight excluding hydrogens is 809 g/mol. The van der Waals surface area contributed by atoms with E-state index in [0.717, 1.165) is 84.0 Å². The average Bonchev–Trinajstić information content (AvgIpc) is 4.16. The molecule has 64 heavy (non-hydrogen) atoms. The molecule has 14 heteroatoms. The van der Waals surface area contributed by atoms with Gasteiger partial charge in [-0.25, -0.2) is 4.79 Å². The van der Waals surface area contributed by atoms with Gasteiger partial charge in [0.1, 0.15) is 23.6 Å². The molecule has 316 valence electrons. The fourth-order valence-corrected chi connectivity index (χ4v) is 9.63. The van der Waals surface area contributed by atoms with Gasteiger partial charge in [-0.15, -0.1) is 0 Å². The highest BCUT2D eigenvalue weighted by atomic mass is 16.5. The van der Waals surface area contributed by atoms with Crippen molar-refractivity contribution in [3.63, 3.8) is 0 Å². The van der Waals surface area contributed by atoms with Crippen LogP contribution in [0.15, 0.2) is 78.9 Å². The molecule has 11 rings (SSSR count). The number of esters is 1. The van der Waals surface area contributed by atoms with Crippen molar-refractivity contribution in [1.82, 2.24) is 20.3 Å². The van der Waals surface area contributed by atoms with E-state index < -0.39 is 24.0 Å². The van der Waals surface area contributed by atoms with Crippen LogP contribution in [0.3, 0.4) is 0 Å². The number of hydrogen-bond acceptors (Lipinski definition) is 6. The maximum absolute atomic E-state index is 14.2. The zero-order chi connectivity index (χ0) is 43.6. The number of H-pyrrole nitrogens is 3. The van der Waals surface area contributed by atoms with E-state index in [2.05, 4.69) is 44.0 Å². The molecule has 0 fully saturated rings. The van der Waals surface area contributed by atoms with Crippen molar-refractivity contribution in [1.29, 1.82) is 0 Å². The molecule has 0 spiro atoms. The summed E-state index contributed by atoms with van der Waals surface area (Å²) in [7, 11) is 0. The number of nitrogens with zero attached hydrogens (tertiary/aromatic N) is 3. The minimum absolute atomic E-state index is 0.155. The Morgan fingerprint density at radius 1 is 0.656 bits per heavy atom. The molecular formula is C50H40N8O6. The first kappa shape index (κ1) is 38.7. The number of carbonyl (C=O) groups excluding carboxylic acids is 5. The largest absolute Gasteiger partial charge is 0.448 e. The van der Waals surface area contributed by atoms with Crippen LogP contribution in [-0.4, -0.2) is 77.0 Å². The van der Waals surface area contributed by atoms with Gasteiger partial charge >= 0.3 is 12.0 Å². The molecule has 6 heterocycles.